The van der Waals surface area contributed by atoms with Gasteiger partial charge >= 0.3 is 11.9 Å². The lowest BCUT2D eigenvalue weighted by Gasteiger charge is -2.18. The standard InChI is InChI=1S/C55H92O5/c1-4-7-10-13-16-19-21-23-25-27-29-31-33-35-38-41-44-47-50-58-51-53(60-55(57)49-46-43-40-36-18-15-12-9-6-3)52-59-54(56)48-45-42-39-37-34-32-30-28-26-24-22-20-17-14-11-8-5-2/h7-8,10-11,16-17,19-20,23-26,30,32,37,39,53H,4-6,9,12-15,18,21-22,27-29,31,33-36,38,40-52H2,1-3H3/b10-7-,11-8-,19-16-,20-17-,25-23-,26-24-,32-30-,39-37-. The quantitative estimate of drug-likeness (QED) is 0.0348. The Kier molecular flexibility index (Phi) is 47.5. The summed E-state index contributed by atoms with van der Waals surface area (Å²) < 4.78 is 17.3. The van der Waals surface area contributed by atoms with Gasteiger partial charge in [0, 0.05) is 19.4 Å². The van der Waals surface area contributed by atoms with Gasteiger partial charge in [-0.3, -0.25) is 9.59 Å². The van der Waals surface area contributed by atoms with Crippen molar-refractivity contribution in [3.8, 4) is 0 Å². The van der Waals surface area contributed by atoms with E-state index in [9.17, 15) is 9.59 Å². The molecule has 1 unspecified atom stereocenters. The Morgan fingerprint density at radius 1 is 0.383 bits per heavy atom. The first-order valence-electron chi connectivity index (χ1n) is 24.8. The third-order valence-electron chi connectivity index (χ3n) is 10.1. The fraction of sp³-hybridized carbons (Fsp3) is 0.673. The van der Waals surface area contributed by atoms with Crippen LogP contribution in [0.1, 0.15) is 213 Å². The van der Waals surface area contributed by atoms with Crippen molar-refractivity contribution >= 4 is 11.9 Å². The Balaban J connectivity index is 4.30. The van der Waals surface area contributed by atoms with Crippen LogP contribution in [0.2, 0.25) is 0 Å². The first-order chi connectivity index (χ1) is 29.6. The van der Waals surface area contributed by atoms with Gasteiger partial charge in [0.15, 0.2) is 6.10 Å². The van der Waals surface area contributed by atoms with Gasteiger partial charge in [-0.25, -0.2) is 0 Å². The highest BCUT2D eigenvalue weighted by molar-refractivity contribution is 5.70. The summed E-state index contributed by atoms with van der Waals surface area (Å²) in [6.45, 7) is 7.51. The average Bonchev–Trinajstić information content (AvgIpc) is 3.25. The zero-order chi connectivity index (χ0) is 43.5. The molecule has 0 fully saturated rings. The van der Waals surface area contributed by atoms with E-state index in [1.165, 1.54) is 83.5 Å². The van der Waals surface area contributed by atoms with E-state index in [0.717, 1.165) is 96.3 Å². The third kappa shape index (κ3) is 47.5. The average molecular weight is 833 g/mol. The van der Waals surface area contributed by atoms with E-state index in [1.54, 1.807) is 0 Å². The van der Waals surface area contributed by atoms with E-state index in [4.69, 9.17) is 14.2 Å². The first kappa shape index (κ1) is 56.8. The second-order valence-electron chi connectivity index (χ2n) is 16.0. The molecule has 0 aliphatic rings. The molecule has 1 atom stereocenters. The van der Waals surface area contributed by atoms with Crippen LogP contribution >= 0.6 is 0 Å². The molecule has 0 saturated heterocycles. The van der Waals surface area contributed by atoms with E-state index in [-0.39, 0.29) is 25.2 Å². The molecule has 0 aromatic heterocycles. The zero-order valence-electron chi connectivity index (χ0n) is 39.2. The van der Waals surface area contributed by atoms with Crippen LogP contribution in [0.25, 0.3) is 0 Å². The molecule has 0 bridgehead atoms. The number of unbranched alkanes of at least 4 members (excludes halogenated alkanes) is 17. The summed E-state index contributed by atoms with van der Waals surface area (Å²) in [4.78, 5) is 25.3. The molecule has 0 aromatic rings. The molecule has 342 valence electrons. The largest absolute Gasteiger partial charge is 0.462 e. The lowest BCUT2D eigenvalue weighted by atomic mass is 10.1. The number of carbonyl (C=O) groups is 2. The smallest absolute Gasteiger partial charge is 0.306 e. The second-order valence-corrected chi connectivity index (χ2v) is 16.0. The van der Waals surface area contributed by atoms with Gasteiger partial charge in [-0.05, 0) is 89.9 Å². The summed E-state index contributed by atoms with van der Waals surface area (Å²) in [7, 11) is 0. The number of hydrogen-bond acceptors (Lipinski definition) is 5. The molecule has 5 nitrogen and oxygen atoms in total. The van der Waals surface area contributed by atoms with Crippen molar-refractivity contribution in [3.05, 3.63) is 97.2 Å². The van der Waals surface area contributed by atoms with Crippen molar-refractivity contribution < 1.29 is 23.8 Å². The van der Waals surface area contributed by atoms with Crippen molar-refractivity contribution in [1.29, 1.82) is 0 Å². The molecule has 0 aromatic carbocycles. The number of ether oxygens (including phenoxy) is 3. The van der Waals surface area contributed by atoms with Gasteiger partial charge in [0.2, 0.25) is 0 Å². The minimum atomic E-state index is -0.565. The molecule has 0 N–H and O–H groups in total. The van der Waals surface area contributed by atoms with Gasteiger partial charge in [-0.15, -0.1) is 0 Å². The van der Waals surface area contributed by atoms with Crippen LogP contribution < -0.4 is 0 Å². The molecular formula is C55H92O5. The maximum atomic E-state index is 12.7. The van der Waals surface area contributed by atoms with Gasteiger partial charge in [-0.1, -0.05) is 208 Å². The number of carbonyl (C=O) groups excluding carboxylic acids is 2. The van der Waals surface area contributed by atoms with Crippen LogP contribution in [0.15, 0.2) is 97.2 Å². The van der Waals surface area contributed by atoms with Crippen molar-refractivity contribution in [1.82, 2.24) is 0 Å². The van der Waals surface area contributed by atoms with Crippen molar-refractivity contribution in [2.24, 2.45) is 0 Å². The Bertz CT molecular complexity index is 1170. The topological polar surface area (TPSA) is 61.8 Å². The van der Waals surface area contributed by atoms with Crippen LogP contribution in [0.3, 0.4) is 0 Å². The van der Waals surface area contributed by atoms with Crippen LogP contribution in [-0.4, -0.2) is 37.9 Å². The molecule has 0 heterocycles. The maximum absolute atomic E-state index is 12.7. The summed E-state index contributed by atoms with van der Waals surface area (Å²) in [6, 6.07) is 0. The number of hydrogen-bond donors (Lipinski definition) is 0. The molecule has 60 heavy (non-hydrogen) atoms. The van der Waals surface area contributed by atoms with Gasteiger partial charge in [-0.2, -0.15) is 0 Å². The molecule has 0 aliphatic heterocycles. The normalized spacial score (nSPS) is 13.1. The Hall–Kier alpha value is -3.18. The lowest BCUT2D eigenvalue weighted by molar-refractivity contribution is -0.163. The summed E-state index contributed by atoms with van der Waals surface area (Å²) in [5.41, 5.74) is 0. The highest BCUT2D eigenvalue weighted by Crippen LogP contribution is 2.13. The van der Waals surface area contributed by atoms with Crippen molar-refractivity contribution in [2.75, 3.05) is 19.8 Å². The summed E-state index contributed by atoms with van der Waals surface area (Å²) in [5.74, 6) is -0.474. The minimum absolute atomic E-state index is 0.0494. The van der Waals surface area contributed by atoms with Gasteiger partial charge < -0.3 is 14.2 Å². The molecule has 0 spiro atoms. The molecule has 0 aliphatic carbocycles. The number of rotatable bonds is 44. The maximum Gasteiger partial charge on any atom is 0.306 e. The molecule has 5 heteroatoms. The fourth-order valence-corrected chi connectivity index (χ4v) is 6.50. The fourth-order valence-electron chi connectivity index (χ4n) is 6.50. The lowest BCUT2D eigenvalue weighted by Crippen LogP contribution is -2.30. The van der Waals surface area contributed by atoms with E-state index in [1.807, 2.05) is 0 Å². The second kappa shape index (κ2) is 50.2. The predicted molar refractivity (Wildman–Crippen MR) is 260 cm³/mol. The van der Waals surface area contributed by atoms with Crippen LogP contribution in [0, 0.1) is 0 Å². The number of esters is 2. The number of allylic oxidation sites excluding steroid dienone is 16. The van der Waals surface area contributed by atoms with Crippen molar-refractivity contribution in [2.45, 2.75) is 219 Å². The van der Waals surface area contributed by atoms with Crippen molar-refractivity contribution in [3.63, 3.8) is 0 Å². The summed E-state index contributed by atoms with van der Waals surface area (Å²) in [6.07, 6.45) is 67.1. The SMILES string of the molecule is CC/C=C\C/C=C\C/C=C\C/C=C\C/C=C\CCCC(=O)OCC(COCCCCCCCCCC/C=C\C/C=C\C/C=C\CC)OC(=O)CCCCCCCCCCC. The minimum Gasteiger partial charge on any atom is -0.462 e. The Labute approximate surface area is 371 Å². The Morgan fingerprint density at radius 3 is 1.25 bits per heavy atom. The van der Waals surface area contributed by atoms with E-state index in [2.05, 4.69) is 118 Å². The van der Waals surface area contributed by atoms with E-state index < -0.39 is 6.10 Å². The summed E-state index contributed by atoms with van der Waals surface area (Å²) >= 11 is 0. The molecular weight excluding hydrogens is 741 g/mol. The molecule has 0 amide bonds. The van der Waals surface area contributed by atoms with E-state index >= 15 is 0 Å². The van der Waals surface area contributed by atoms with Gasteiger partial charge in [0.25, 0.3) is 0 Å². The monoisotopic (exact) mass is 833 g/mol. The molecule has 0 rings (SSSR count). The predicted octanol–water partition coefficient (Wildman–Crippen LogP) is 16.7. The first-order valence-corrected chi connectivity index (χ1v) is 24.8. The molecule has 0 radical (unpaired) electrons. The van der Waals surface area contributed by atoms with Crippen LogP contribution in [0.5, 0.6) is 0 Å². The third-order valence-corrected chi connectivity index (χ3v) is 10.1. The Morgan fingerprint density at radius 2 is 0.767 bits per heavy atom. The van der Waals surface area contributed by atoms with Crippen LogP contribution in [0.4, 0.5) is 0 Å². The van der Waals surface area contributed by atoms with Crippen LogP contribution in [-0.2, 0) is 23.8 Å². The zero-order valence-corrected chi connectivity index (χ0v) is 39.2. The van der Waals surface area contributed by atoms with E-state index in [0.29, 0.717) is 19.4 Å². The summed E-state index contributed by atoms with van der Waals surface area (Å²) in [5, 5.41) is 0. The highest BCUT2D eigenvalue weighted by atomic mass is 16.6. The van der Waals surface area contributed by atoms with Gasteiger partial charge in [0.05, 0.1) is 6.61 Å². The highest BCUT2D eigenvalue weighted by Gasteiger charge is 2.17. The molecule has 0 saturated carbocycles. The van der Waals surface area contributed by atoms with Gasteiger partial charge in [0.1, 0.15) is 6.61 Å².